The van der Waals surface area contributed by atoms with Gasteiger partial charge in [0.1, 0.15) is 0 Å². The molecule has 0 amide bonds. The van der Waals surface area contributed by atoms with Gasteiger partial charge in [0.15, 0.2) is 5.01 Å². The summed E-state index contributed by atoms with van der Waals surface area (Å²) < 4.78 is 0. The molecule has 6 heteroatoms. The lowest BCUT2D eigenvalue weighted by atomic mass is 10.2. The van der Waals surface area contributed by atoms with E-state index in [1.165, 1.54) is 16.2 Å². The summed E-state index contributed by atoms with van der Waals surface area (Å²) >= 11 is 6.77. The minimum Gasteiger partial charge on any atom is -0.301 e. The van der Waals surface area contributed by atoms with E-state index in [9.17, 15) is 4.79 Å². The van der Waals surface area contributed by atoms with Crippen LogP contribution < -0.4 is 0 Å². The third kappa shape index (κ3) is 2.25. The molecule has 1 aliphatic heterocycles. The Labute approximate surface area is 97.5 Å². The number of fused-ring (bicyclic) bond motifs is 1. The van der Waals surface area contributed by atoms with Crippen LogP contribution in [0.5, 0.6) is 0 Å². The monoisotopic (exact) mass is 252 g/mol. The lowest BCUT2D eigenvalue weighted by Crippen LogP contribution is -2.25. The first kappa shape index (κ1) is 11.9. The van der Waals surface area contributed by atoms with Gasteiger partial charge in [-0.3, -0.25) is 4.79 Å². The summed E-state index contributed by atoms with van der Waals surface area (Å²) in [6.45, 7) is 1.89. The van der Waals surface area contributed by atoms with Crippen LogP contribution in [0.4, 0.5) is 0 Å². The number of carbonyl (C=O) groups excluding carboxylic acids is 1. The van der Waals surface area contributed by atoms with Crippen molar-refractivity contribution in [2.75, 3.05) is 13.6 Å². The van der Waals surface area contributed by atoms with Crippen molar-refractivity contribution in [1.82, 2.24) is 9.88 Å². The first-order chi connectivity index (χ1) is 6.16. The molecule has 0 spiro atoms. The first-order valence-electron chi connectivity index (χ1n) is 4.04. The van der Waals surface area contributed by atoms with E-state index in [0.29, 0.717) is 5.01 Å². The Morgan fingerprint density at radius 3 is 3.00 bits per heavy atom. The highest BCUT2D eigenvalue weighted by Gasteiger charge is 2.20. The van der Waals surface area contributed by atoms with Crippen LogP contribution in [0.1, 0.15) is 20.4 Å². The third-order valence-electron chi connectivity index (χ3n) is 2.09. The Bertz CT molecular complexity index is 353. The first-order valence-corrected chi connectivity index (χ1v) is 5.23. The molecular formula is C8H10Cl2N2OS. The summed E-state index contributed by atoms with van der Waals surface area (Å²) in [5.74, 6) is 0. The summed E-state index contributed by atoms with van der Waals surface area (Å²) in [5.41, 5.74) is 1.05. The fourth-order valence-electron chi connectivity index (χ4n) is 1.41. The molecule has 0 bridgehead atoms. The minimum atomic E-state index is -0.443. The molecule has 2 rings (SSSR count). The number of hydrogen-bond acceptors (Lipinski definition) is 4. The highest BCUT2D eigenvalue weighted by Crippen LogP contribution is 2.25. The van der Waals surface area contributed by atoms with Crippen molar-refractivity contribution >= 4 is 40.6 Å². The molecule has 0 aromatic carbocycles. The van der Waals surface area contributed by atoms with Gasteiger partial charge in [0.2, 0.25) is 0 Å². The second-order valence-electron chi connectivity index (χ2n) is 3.15. The van der Waals surface area contributed by atoms with Gasteiger partial charge in [-0.15, -0.1) is 23.7 Å². The SMILES string of the molecule is CN1CCc2nc(C(=O)Cl)sc2C1.Cl. The predicted octanol–water partition coefficient (Wildman–Crippen LogP) is 1.93. The van der Waals surface area contributed by atoms with Gasteiger partial charge in [0, 0.05) is 24.4 Å². The van der Waals surface area contributed by atoms with E-state index in [2.05, 4.69) is 16.9 Å². The fourth-order valence-corrected chi connectivity index (χ4v) is 2.59. The molecule has 0 saturated heterocycles. The smallest absolute Gasteiger partial charge is 0.281 e. The highest BCUT2D eigenvalue weighted by molar-refractivity contribution is 7.15. The van der Waals surface area contributed by atoms with Crippen molar-refractivity contribution < 1.29 is 4.79 Å². The number of halogens is 2. The normalized spacial score (nSPS) is 15.9. The van der Waals surface area contributed by atoms with Crippen LogP contribution in [0.2, 0.25) is 0 Å². The highest BCUT2D eigenvalue weighted by atomic mass is 35.5. The molecule has 0 saturated carbocycles. The lowest BCUT2D eigenvalue weighted by molar-refractivity contribution is 0.108. The van der Waals surface area contributed by atoms with Gasteiger partial charge in [0.05, 0.1) is 5.69 Å². The Kier molecular flexibility index (Phi) is 3.89. The van der Waals surface area contributed by atoms with Crippen LogP contribution in [0.3, 0.4) is 0 Å². The average Bonchev–Trinajstić information content (AvgIpc) is 2.46. The van der Waals surface area contributed by atoms with Crippen LogP contribution in [0.15, 0.2) is 0 Å². The molecule has 3 nitrogen and oxygen atoms in total. The molecule has 0 fully saturated rings. The second-order valence-corrected chi connectivity index (χ2v) is 4.58. The van der Waals surface area contributed by atoms with Gasteiger partial charge in [-0.2, -0.15) is 0 Å². The van der Waals surface area contributed by atoms with Gasteiger partial charge in [-0.25, -0.2) is 4.98 Å². The number of likely N-dealkylation sites (N-methyl/N-ethyl adjacent to an activating group) is 1. The topological polar surface area (TPSA) is 33.2 Å². The zero-order valence-electron chi connectivity index (χ0n) is 7.62. The van der Waals surface area contributed by atoms with Crippen LogP contribution in [-0.4, -0.2) is 28.7 Å². The third-order valence-corrected chi connectivity index (χ3v) is 3.46. The van der Waals surface area contributed by atoms with E-state index in [1.807, 2.05) is 0 Å². The predicted molar refractivity (Wildman–Crippen MR) is 59.6 cm³/mol. The number of thiazole rings is 1. The van der Waals surface area contributed by atoms with Crippen LogP contribution in [0, 0.1) is 0 Å². The fraction of sp³-hybridized carbons (Fsp3) is 0.500. The molecule has 0 unspecified atom stereocenters. The number of rotatable bonds is 1. The molecule has 1 aliphatic rings. The maximum atomic E-state index is 10.8. The average molecular weight is 253 g/mol. The summed E-state index contributed by atoms with van der Waals surface area (Å²) in [7, 11) is 2.06. The maximum Gasteiger partial charge on any atom is 0.281 e. The number of hydrogen-bond donors (Lipinski definition) is 0. The van der Waals surface area contributed by atoms with E-state index < -0.39 is 5.24 Å². The molecule has 0 N–H and O–H groups in total. The Morgan fingerprint density at radius 1 is 1.64 bits per heavy atom. The van der Waals surface area contributed by atoms with E-state index in [1.54, 1.807) is 0 Å². The Hall–Kier alpha value is -0.160. The standard InChI is InChI=1S/C8H9ClN2OS.ClH/c1-11-3-2-5-6(4-11)13-8(10-5)7(9)12;/h2-4H2,1H3;1H. The lowest BCUT2D eigenvalue weighted by Gasteiger charge is -2.20. The van der Waals surface area contributed by atoms with E-state index >= 15 is 0 Å². The van der Waals surface area contributed by atoms with E-state index in [4.69, 9.17) is 11.6 Å². The molecule has 2 heterocycles. The van der Waals surface area contributed by atoms with Gasteiger partial charge in [-0.1, -0.05) is 0 Å². The van der Waals surface area contributed by atoms with Crippen LogP contribution in [-0.2, 0) is 13.0 Å². The number of nitrogens with zero attached hydrogens (tertiary/aromatic N) is 2. The van der Waals surface area contributed by atoms with Crippen molar-refractivity contribution in [3.8, 4) is 0 Å². The molecular weight excluding hydrogens is 243 g/mol. The van der Waals surface area contributed by atoms with Gasteiger partial charge >= 0.3 is 0 Å². The molecule has 0 radical (unpaired) electrons. The largest absolute Gasteiger partial charge is 0.301 e. The second kappa shape index (κ2) is 4.57. The van der Waals surface area contributed by atoms with E-state index in [0.717, 1.165) is 25.2 Å². The molecule has 0 aliphatic carbocycles. The molecule has 1 aromatic heterocycles. The molecule has 1 aromatic rings. The van der Waals surface area contributed by atoms with Crippen molar-refractivity contribution in [1.29, 1.82) is 0 Å². The Balaban J connectivity index is 0.000000980. The summed E-state index contributed by atoms with van der Waals surface area (Å²) in [5, 5.41) is -0.0102. The zero-order valence-corrected chi connectivity index (χ0v) is 10.0. The van der Waals surface area contributed by atoms with Crippen LogP contribution >= 0.6 is 35.3 Å². The minimum absolute atomic E-state index is 0. The van der Waals surface area contributed by atoms with Gasteiger partial charge in [0.25, 0.3) is 5.24 Å². The zero-order chi connectivity index (χ0) is 9.42. The number of carbonyl (C=O) groups is 1. The molecule has 14 heavy (non-hydrogen) atoms. The van der Waals surface area contributed by atoms with Crippen molar-refractivity contribution in [2.24, 2.45) is 0 Å². The van der Waals surface area contributed by atoms with Crippen molar-refractivity contribution in [3.05, 3.63) is 15.6 Å². The van der Waals surface area contributed by atoms with Gasteiger partial charge < -0.3 is 4.90 Å². The van der Waals surface area contributed by atoms with Gasteiger partial charge in [-0.05, 0) is 18.6 Å². The Morgan fingerprint density at radius 2 is 2.36 bits per heavy atom. The number of aromatic nitrogens is 1. The maximum absolute atomic E-state index is 10.8. The van der Waals surface area contributed by atoms with Crippen molar-refractivity contribution in [2.45, 2.75) is 13.0 Å². The van der Waals surface area contributed by atoms with E-state index in [-0.39, 0.29) is 12.4 Å². The summed E-state index contributed by atoms with van der Waals surface area (Å²) in [6, 6.07) is 0. The summed E-state index contributed by atoms with van der Waals surface area (Å²) in [4.78, 5) is 18.4. The van der Waals surface area contributed by atoms with Crippen molar-refractivity contribution in [3.63, 3.8) is 0 Å². The van der Waals surface area contributed by atoms with Crippen LogP contribution in [0.25, 0.3) is 0 Å². The molecule has 0 atom stereocenters. The molecule has 78 valence electrons. The summed E-state index contributed by atoms with van der Waals surface area (Å²) in [6.07, 6.45) is 0.923. The quantitative estimate of drug-likeness (QED) is 0.717.